The van der Waals surface area contributed by atoms with Crippen LogP contribution >= 0.6 is 0 Å². The molecular weight excluding hydrogens is 364 g/mol. The smallest absolute Gasteiger partial charge is 0.316 e. The maximum Gasteiger partial charge on any atom is 0.316 e. The van der Waals surface area contributed by atoms with Crippen LogP contribution in [0, 0.1) is 11.8 Å². The Kier molecular flexibility index (Phi) is 5.81. The van der Waals surface area contributed by atoms with Crippen LogP contribution in [0.3, 0.4) is 0 Å². The molecule has 0 aromatic heterocycles. The van der Waals surface area contributed by atoms with Crippen molar-refractivity contribution in [2.75, 3.05) is 38.0 Å². The summed E-state index contributed by atoms with van der Waals surface area (Å²) in [7, 11) is 0. The summed E-state index contributed by atoms with van der Waals surface area (Å²) in [6.07, 6.45) is 2.28. The van der Waals surface area contributed by atoms with Crippen molar-refractivity contribution in [1.29, 1.82) is 0 Å². The zero-order valence-electron chi connectivity index (χ0n) is 16.6. The summed E-state index contributed by atoms with van der Waals surface area (Å²) in [5.74, 6) is 1.04. The van der Waals surface area contributed by atoms with Gasteiger partial charge in [-0.1, -0.05) is 42.5 Å². The SMILES string of the molecule is NC(=O)Nc1ccccc1C(=O)N1CC2CN(CCCc3ccccc3)C[C@H]2C1. The van der Waals surface area contributed by atoms with E-state index in [0.717, 1.165) is 45.6 Å². The van der Waals surface area contributed by atoms with Crippen LogP contribution in [0.2, 0.25) is 0 Å². The number of carbonyl (C=O) groups is 2. The van der Waals surface area contributed by atoms with Crippen molar-refractivity contribution in [3.63, 3.8) is 0 Å². The molecule has 2 heterocycles. The minimum Gasteiger partial charge on any atom is -0.351 e. The first-order valence-corrected chi connectivity index (χ1v) is 10.3. The van der Waals surface area contributed by atoms with E-state index in [2.05, 4.69) is 40.5 Å². The van der Waals surface area contributed by atoms with Gasteiger partial charge in [-0.25, -0.2) is 4.79 Å². The monoisotopic (exact) mass is 392 g/mol. The van der Waals surface area contributed by atoms with Crippen molar-refractivity contribution < 1.29 is 9.59 Å². The van der Waals surface area contributed by atoms with Gasteiger partial charge in [-0.15, -0.1) is 0 Å². The topological polar surface area (TPSA) is 78.7 Å². The molecule has 2 aliphatic heterocycles. The number of primary amides is 1. The van der Waals surface area contributed by atoms with Crippen LogP contribution in [-0.4, -0.2) is 54.5 Å². The molecule has 2 atom stereocenters. The van der Waals surface area contributed by atoms with E-state index in [4.69, 9.17) is 5.73 Å². The fourth-order valence-electron chi connectivity index (χ4n) is 4.67. The molecule has 3 amide bonds. The molecule has 6 nitrogen and oxygen atoms in total. The number of likely N-dealkylation sites (tertiary alicyclic amines) is 2. The van der Waals surface area contributed by atoms with Crippen molar-refractivity contribution in [3.05, 3.63) is 65.7 Å². The van der Waals surface area contributed by atoms with E-state index in [1.54, 1.807) is 18.2 Å². The maximum atomic E-state index is 13.0. The highest BCUT2D eigenvalue weighted by atomic mass is 16.2. The number of nitrogens with two attached hydrogens (primary N) is 1. The lowest BCUT2D eigenvalue weighted by Gasteiger charge is -2.22. The van der Waals surface area contributed by atoms with Gasteiger partial charge in [0.15, 0.2) is 0 Å². The first-order valence-electron chi connectivity index (χ1n) is 10.3. The fourth-order valence-corrected chi connectivity index (χ4v) is 4.67. The highest BCUT2D eigenvalue weighted by Crippen LogP contribution is 2.32. The molecule has 2 saturated heterocycles. The summed E-state index contributed by atoms with van der Waals surface area (Å²) in [6.45, 7) is 4.79. The second-order valence-electron chi connectivity index (χ2n) is 8.11. The van der Waals surface area contributed by atoms with Gasteiger partial charge in [0.1, 0.15) is 0 Å². The molecule has 3 N–H and O–H groups in total. The maximum absolute atomic E-state index is 13.0. The summed E-state index contributed by atoms with van der Waals surface area (Å²) in [5.41, 5.74) is 7.61. The number of amides is 3. The molecule has 2 aliphatic rings. The molecule has 2 aromatic rings. The van der Waals surface area contributed by atoms with E-state index in [1.165, 1.54) is 5.56 Å². The molecule has 6 heteroatoms. The number of nitrogens with zero attached hydrogens (tertiary/aromatic N) is 2. The Hall–Kier alpha value is -2.86. The predicted molar refractivity (Wildman–Crippen MR) is 114 cm³/mol. The van der Waals surface area contributed by atoms with E-state index < -0.39 is 6.03 Å². The van der Waals surface area contributed by atoms with Gasteiger partial charge in [0.2, 0.25) is 0 Å². The van der Waals surface area contributed by atoms with Crippen molar-refractivity contribution >= 4 is 17.6 Å². The van der Waals surface area contributed by atoms with Crippen LogP contribution in [0.1, 0.15) is 22.3 Å². The Bertz CT molecular complexity index is 856. The van der Waals surface area contributed by atoms with E-state index in [0.29, 0.717) is 23.1 Å². The Morgan fingerprint density at radius 2 is 1.59 bits per heavy atom. The van der Waals surface area contributed by atoms with Crippen molar-refractivity contribution in [2.45, 2.75) is 12.8 Å². The zero-order valence-corrected chi connectivity index (χ0v) is 16.6. The summed E-state index contributed by atoms with van der Waals surface area (Å²) >= 11 is 0. The van der Waals surface area contributed by atoms with Crippen LogP contribution < -0.4 is 11.1 Å². The third-order valence-corrected chi connectivity index (χ3v) is 6.05. The molecule has 4 rings (SSSR count). The largest absolute Gasteiger partial charge is 0.351 e. The van der Waals surface area contributed by atoms with Gasteiger partial charge in [-0.05, 0) is 48.9 Å². The van der Waals surface area contributed by atoms with Crippen molar-refractivity contribution in [3.8, 4) is 0 Å². The zero-order chi connectivity index (χ0) is 20.2. The summed E-state index contributed by atoms with van der Waals surface area (Å²) in [4.78, 5) is 28.7. The van der Waals surface area contributed by atoms with Crippen LogP contribution in [0.15, 0.2) is 54.6 Å². The molecule has 152 valence electrons. The third-order valence-electron chi connectivity index (χ3n) is 6.05. The number of fused-ring (bicyclic) bond motifs is 1. The summed E-state index contributed by atoms with van der Waals surface area (Å²) < 4.78 is 0. The number of para-hydroxylation sites is 1. The van der Waals surface area contributed by atoms with Gasteiger partial charge in [0.25, 0.3) is 5.91 Å². The molecule has 0 saturated carbocycles. The Morgan fingerprint density at radius 1 is 0.931 bits per heavy atom. The summed E-state index contributed by atoms with van der Waals surface area (Å²) in [6, 6.07) is 17.0. The average Bonchev–Trinajstić information content (AvgIpc) is 3.27. The van der Waals surface area contributed by atoms with Crippen LogP contribution in [-0.2, 0) is 6.42 Å². The summed E-state index contributed by atoms with van der Waals surface area (Å²) in [5, 5.41) is 2.55. The van der Waals surface area contributed by atoms with Crippen molar-refractivity contribution in [2.24, 2.45) is 17.6 Å². The number of nitrogens with one attached hydrogen (secondary N) is 1. The number of aryl methyl sites for hydroxylation is 1. The molecule has 0 radical (unpaired) electrons. The third kappa shape index (κ3) is 4.59. The molecule has 2 aromatic carbocycles. The quantitative estimate of drug-likeness (QED) is 0.793. The molecule has 0 spiro atoms. The lowest BCUT2D eigenvalue weighted by Crippen LogP contribution is -2.34. The first kappa shape index (κ1) is 19.5. The van der Waals surface area contributed by atoms with Crippen molar-refractivity contribution in [1.82, 2.24) is 9.80 Å². The molecule has 2 fully saturated rings. The second-order valence-corrected chi connectivity index (χ2v) is 8.11. The molecule has 0 bridgehead atoms. The van der Waals surface area contributed by atoms with Gasteiger partial charge in [-0.3, -0.25) is 4.79 Å². The molecule has 0 aliphatic carbocycles. The highest BCUT2D eigenvalue weighted by Gasteiger charge is 2.41. The lowest BCUT2D eigenvalue weighted by atomic mass is 10.0. The number of anilines is 1. The van der Waals surface area contributed by atoms with Gasteiger partial charge >= 0.3 is 6.03 Å². The number of urea groups is 1. The fraction of sp³-hybridized carbons (Fsp3) is 0.391. The van der Waals surface area contributed by atoms with Crippen LogP contribution in [0.5, 0.6) is 0 Å². The predicted octanol–water partition coefficient (Wildman–Crippen LogP) is 2.81. The number of rotatable bonds is 6. The van der Waals surface area contributed by atoms with Crippen LogP contribution in [0.4, 0.5) is 10.5 Å². The number of hydrogen-bond acceptors (Lipinski definition) is 3. The average molecular weight is 393 g/mol. The minimum atomic E-state index is -0.658. The van der Waals surface area contributed by atoms with E-state index in [1.807, 2.05) is 11.0 Å². The van der Waals surface area contributed by atoms with Crippen LogP contribution in [0.25, 0.3) is 0 Å². The van der Waals surface area contributed by atoms with E-state index in [9.17, 15) is 9.59 Å². The number of carbonyl (C=O) groups excluding carboxylic acids is 2. The molecular formula is C23H28N4O2. The normalized spacial score (nSPS) is 21.2. The van der Waals surface area contributed by atoms with Gasteiger partial charge in [0.05, 0.1) is 11.3 Å². The molecule has 29 heavy (non-hydrogen) atoms. The Balaban J connectivity index is 1.29. The van der Waals surface area contributed by atoms with Gasteiger partial charge in [0, 0.05) is 26.2 Å². The number of benzene rings is 2. The minimum absolute atomic E-state index is 0.0284. The second kappa shape index (κ2) is 8.66. The Labute approximate surface area is 171 Å². The standard InChI is InChI=1S/C23H28N4O2/c24-23(29)25-21-11-5-4-10-20(21)22(28)27-15-18-13-26(14-19(18)16-27)12-6-9-17-7-2-1-3-8-17/h1-5,7-8,10-11,18-19H,6,9,12-16H2,(H3,24,25,29)/t18-,19?/m0/s1. The Morgan fingerprint density at radius 3 is 2.28 bits per heavy atom. The van der Waals surface area contributed by atoms with Gasteiger partial charge < -0.3 is 20.9 Å². The highest BCUT2D eigenvalue weighted by molar-refractivity contribution is 6.03. The van der Waals surface area contributed by atoms with E-state index in [-0.39, 0.29) is 5.91 Å². The van der Waals surface area contributed by atoms with E-state index >= 15 is 0 Å². The number of hydrogen-bond donors (Lipinski definition) is 2. The lowest BCUT2D eigenvalue weighted by molar-refractivity contribution is 0.0775. The molecule has 1 unspecified atom stereocenters. The van der Waals surface area contributed by atoms with Gasteiger partial charge in [-0.2, -0.15) is 0 Å². The first-order chi connectivity index (χ1) is 14.1.